The summed E-state index contributed by atoms with van der Waals surface area (Å²) in [5.41, 5.74) is 0. The minimum absolute atomic E-state index is 0.0139. The minimum atomic E-state index is -3.81. The maximum Gasteiger partial charge on any atom is 0.264 e. The van der Waals surface area contributed by atoms with Crippen LogP contribution in [0.3, 0.4) is 0 Å². The molecule has 0 spiro atoms. The maximum atomic E-state index is 12.5. The highest BCUT2D eigenvalue weighted by atomic mass is 35.7. The van der Waals surface area contributed by atoms with Gasteiger partial charge in [0.1, 0.15) is 0 Å². The number of ether oxygens (including phenoxy) is 1. The Kier molecular flexibility index (Phi) is 4.97. The molecule has 2 rings (SSSR count). The lowest BCUT2D eigenvalue weighted by atomic mass is 9.96. The molecule has 1 fully saturated rings. The van der Waals surface area contributed by atoms with Crippen molar-refractivity contribution in [1.82, 2.24) is 4.90 Å². The number of hydrogen-bond donors (Lipinski definition) is 0. The second kappa shape index (κ2) is 6.24. The first-order valence-electron chi connectivity index (χ1n) is 6.61. The second-order valence-electron chi connectivity index (χ2n) is 5.26. The van der Waals surface area contributed by atoms with Crippen LogP contribution in [0.1, 0.15) is 27.9 Å². The van der Waals surface area contributed by atoms with Crippen molar-refractivity contribution in [2.75, 3.05) is 20.2 Å². The van der Waals surface area contributed by atoms with E-state index in [2.05, 4.69) is 6.92 Å². The molecule has 1 aromatic rings. The molecule has 5 nitrogen and oxygen atoms in total. The average molecular weight is 352 g/mol. The Morgan fingerprint density at radius 2 is 2.19 bits per heavy atom. The Morgan fingerprint density at radius 1 is 1.52 bits per heavy atom. The summed E-state index contributed by atoms with van der Waals surface area (Å²) >= 11 is 1.16. The highest BCUT2D eigenvalue weighted by Crippen LogP contribution is 2.30. The lowest BCUT2D eigenvalue weighted by molar-refractivity contribution is -0.00139. The lowest BCUT2D eigenvalue weighted by Crippen LogP contribution is -2.46. The van der Waals surface area contributed by atoms with E-state index < -0.39 is 9.05 Å². The number of rotatable bonds is 3. The van der Waals surface area contributed by atoms with Gasteiger partial charge in [0.15, 0.2) is 0 Å². The first kappa shape index (κ1) is 16.7. The molecule has 0 radical (unpaired) electrons. The van der Waals surface area contributed by atoms with Gasteiger partial charge in [0.05, 0.1) is 15.9 Å². The van der Waals surface area contributed by atoms with E-state index in [0.717, 1.165) is 17.8 Å². The van der Waals surface area contributed by atoms with E-state index in [9.17, 15) is 13.2 Å². The van der Waals surface area contributed by atoms with E-state index >= 15 is 0 Å². The number of aryl methyl sites for hydroxylation is 1. The predicted octanol–water partition coefficient (Wildman–Crippen LogP) is 2.48. The largest absolute Gasteiger partial charge is 0.379 e. The van der Waals surface area contributed by atoms with Gasteiger partial charge in [-0.2, -0.15) is 0 Å². The zero-order valence-electron chi connectivity index (χ0n) is 12.1. The van der Waals surface area contributed by atoms with Crippen molar-refractivity contribution >= 4 is 37.0 Å². The Morgan fingerprint density at radius 3 is 2.71 bits per heavy atom. The van der Waals surface area contributed by atoms with E-state index in [4.69, 9.17) is 15.4 Å². The van der Waals surface area contributed by atoms with Crippen LogP contribution in [0.25, 0.3) is 0 Å². The Balaban J connectivity index is 2.21. The molecule has 0 N–H and O–H groups in total. The maximum absolute atomic E-state index is 12.5. The molecule has 1 aromatic heterocycles. The number of hydrogen-bond acceptors (Lipinski definition) is 5. The molecular formula is C13H18ClNO4S2. The van der Waals surface area contributed by atoms with Gasteiger partial charge >= 0.3 is 0 Å². The van der Waals surface area contributed by atoms with Gasteiger partial charge in [-0.15, -0.1) is 11.3 Å². The predicted molar refractivity (Wildman–Crippen MR) is 82.6 cm³/mol. The number of piperidine rings is 1. The average Bonchev–Trinajstić information content (AvgIpc) is 2.80. The number of nitrogens with zero attached hydrogens (tertiary/aromatic N) is 1. The van der Waals surface area contributed by atoms with Gasteiger partial charge in [0, 0.05) is 35.8 Å². The smallest absolute Gasteiger partial charge is 0.264 e. The van der Waals surface area contributed by atoms with Crippen molar-refractivity contribution in [3.8, 4) is 0 Å². The number of carbonyl (C=O) groups is 1. The van der Waals surface area contributed by atoms with Crippen LogP contribution >= 0.6 is 22.0 Å². The van der Waals surface area contributed by atoms with Gasteiger partial charge in [0.25, 0.3) is 15.0 Å². The van der Waals surface area contributed by atoms with Gasteiger partial charge in [-0.3, -0.25) is 4.79 Å². The van der Waals surface area contributed by atoms with Crippen molar-refractivity contribution in [2.24, 2.45) is 5.92 Å². The van der Waals surface area contributed by atoms with Gasteiger partial charge in [0.2, 0.25) is 0 Å². The molecule has 2 unspecified atom stereocenters. The number of halogens is 1. The fourth-order valence-corrected chi connectivity index (χ4v) is 5.13. The molecule has 0 aromatic carbocycles. The van der Waals surface area contributed by atoms with Crippen molar-refractivity contribution in [3.05, 3.63) is 15.8 Å². The van der Waals surface area contributed by atoms with Crippen LogP contribution in [0.2, 0.25) is 0 Å². The van der Waals surface area contributed by atoms with Crippen LogP contribution in [0.4, 0.5) is 0 Å². The summed E-state index contributed by atoms with van der Waals surface area (Å²) in [5, 5.41) is 0. The molecule has 0 saturated carbocycles. The number of thiophene rings is 1. The topological polar surface area (TPSA) is 63.7 Å². The van der Waals surface area contributed by atoms with Gasteiger partial charge in [-0.25, -0.2) is 8.42 Å². The van der Waals surface area contributed by atoms with Crippen molar-refractivity contribution in [2.45, 2.75) is 31.3 Å². The molecular weight excluding hydrogens is 334 g/mol. The Labute approximate surface area is 133 Å². The first-order valence-corrected chi connectivity index (χ1v) is 9.73. The third-order valence-corrected chi connectivity index (χ3v) is 6.44. The fourth-order valence-electron chi connectivity index (χ4n) is 2.49. The monoisotopic (exact) mass is 351 g/mol. The summed E-state index contributed by atoms with van der Waals surface area (Å²) in [5.74, 6) is 0.242. The van der Waals surface area contributed by atoms with Gasteiger partial charge < -0.3 is 9.64 Å². The quantitative estimate of drug-likeness (QED) is 0.785. The van der Waals surface area contributed by atoms with Crippen LogP contribution in [-0.2, 0) is 13.8 Å². The van der Waals surface area contributed by atoms with Crippen molar-refractivity contribution < 1.29 is 17.9 Å². The van der Waals surface area contributed by atoms with E-state index in [1.54, 1.807) is 18.9 Å². The van der Waals surface area contributed by atoms with E-state index in [0.29, 0.717) is 28.8 Å². The first-order chi connectivity index (χ1) is 9.74. The molecule has 2 heterocycles. The number of amides is 1. The van der Waals surface area contributed by atoms with Crippen LogP contribution in [-0.4, -0.2) is 45.5 Å². The molecule has 8 heteroatoms. The molecule has 1 aliphatic rings. The van der Waals surface area contributed by atoms with Crippen LogP contribution in [0.15, 0.2) is 11.0 Å². The summed E-state index contributed by atoms with van der Waals surface area (Å²) in [4.78, 5) is 15.2. The molecule has 2 atom stereocenters. The highest BCUT2D eigenvalue weighted by molar-refractivity contribution is 8.13. The molecule has 1 saturated heterocycles. The normalized spacial score (nSPS) is 23.3. The zero-order valence-corrected chi connectivity index (χ0v) is 14.5. The third kappa shape index (κ3) is 3.59. The molecule has 1 aliphatic heterocycles. The standard InChI is InChI=1S/C13H18ClNO4S2/c1-8-4-5-15(7-10(8)19-3)13(16)11-6-12(9(2)20-11)21(14,17)18/h6,8,10H,4-5,7H2,1-3H3. The van der Waals surface area contributed by atoms with Crippen molar-refractivity contribution in [3.63, 3.8) is 0 Å². The van der Waals surface area contributed by atoms with E-state index in [-0.39, 0.29) is 16.9 Å². The Bertz CT molecular complexity index is 641. The third-order valence-electron chi connectivity index (χ3n) is 3.83. The summed E-state index contributed by atoms with van der Waals surface area (Å²) in [7, 11) is 3.19. The summed E-state index contributed by atoms with van der Waals surface area (Å²) < 4.78 is 28.3. The molecule has 21 heavy (non-hydrogen) atoms. The van der Waals surface area contributed by atoms with E-state index in [1.165, 1.54) is 6.07 Å². The lowest BCUT2D eigenvalue weighted by Gasteiger charge is -2.36. The SMILES string of the molecule is COC1CN(C(=O)c2cc(S(=O)(=O)Cl)c(C)s2)CCC1C. The number of methoxy groups -OCH3 is 1. The van der Waals surface area contributed by atoms with E-state index in [1.807, 2.05) is 0 Å². The number of carbonyl (C=O) groups excluding carboxylic acids is 1. The van der Waals surface area contributed by atoms with Crippen LogP contribution in [0.5, 0.6) is 0 Å². The molecule has 0 bridgehead atoms. The minimum Gasteiger partial charge on any atom is -0.379 e. The number of likely N-dealkylation sites (tertiary alicyclic amines) is 1. The molecule has 1 amide bonds. The van der Waals surface area contributed by atoms with Crippen molar-refractivity contribution in [1.29, 1.82) is 0 Å². The highest BCUT2D eigenvalue weighted by Gasteiger charge is 2.31. The van der Waals surface area contributed by atoms with Crippen LogP contribution in [0, 0.1) is 12.8 Å². The van der Waals surface area contributed by atoms with Gasteiger partial charge in [-0.1, -0.05) is 6.92 Å². The fraction of sp³-hybridized carbons (Fsp3) is 0.615. The van der Waals surface area contributed by atoms with Crippen LogP contribution < -0.4 is 0 Å². The summed E-state index contributed by atoms with van der Waals surface area (Å²) in [6.07, 6.45) is 0.884. The molecule has 0 aliphatic carbocycles. The Hall–Kier alpha value is -0.630. The second-order valence-corrected chi connectivity index (χ2v) is 9.05. The summed E-state index contributed by atoms with van der Waals surface area (Å²) in [6.45, 7) is 4.92. The summed E-state index contributed by atoms with van der Waals surface area (Å²) in [6, 6.07) is 1.37. The van der Waals surface area contributed by atoms with Gasteiger partial charge in [-0.05, 0) is 25.3 Å². The molecule has 118 valence electrons. The zero-order chi connectivity index (χ0) is 15.8.